The average molecular weight is 355 g/mol. The third-order valence-electron chi connectivity index (χ3n) is 4.63. The Balaban J connectivity index is 3.23. The molecule has 0 aromatic carbocycles. The van der Waals surface area contributed by atoms with Gasteiger partial charge in [0, 0.05) is 19.6 Å². The van der Waals surface area contributed by atoms with Gasteiger partial charge >= 0.3 is 0 Å². The molecule has 0 aliphatic heterocycles. The van der Waals surface area contributed by atoms with Crippen molar-refractivity contribution in [2.24, 2.45) is 0 Å². The molecule has 0 aromatic heterocycles. The van der Waals surface area contributed by atoms with Gasteiger partial charge in [-0.05, 0) is 32.1 Å². The zero-order chi connectivity index (χ0) is 18.4. The topological polar surface area (TPSA) is 43.7 Å². The van der Waals surface area contributed by atoms with Crippen molar-refractivity contribution < 1.29 is 10.2 Å². The van der Waals surface area contributed by atoms with E-state index >= 15 is 0 Å². The first kappa shape index (κ1) is 24.6. The number of rotatable bonds is 20. The number of aliphatic hydroxyl groups excluding tert-OH is 2. The molecule has 0 unspecified atom stereocenters. The van der Waals surface area contributed by atoms with Crippen molar-refractivity contribution in [1.82, 2.24) is 4.90 Å². The summed E-state index contributed by atoms with van der Waals surface area (Å²) in [6.07, 6.45) is 23.1. The maximum Gasteiger partial charge on any atom is 0.0558 e. The second kappa shape index (κ2) is 21.7. The molecule has 0 aliphatic carbocycles. The van der Waals surface area contributed by atoms with E-state index in [0.29, 0.717) is 13.1 Å². The normalized spacial score (nSPS) is 11.8. The molecule has 0 spiro atoms. The summed E-state index contributed by atoms with van der Waals surface area (Å²) in [7, 11) is 0. The highest BCUT2D eigenvalue weighted by Crippen LogP contribution is 2.11. The van der Waals surface area contributed by atoms with Crippen LogP contribution in [0.1, 0.15) is 96.8 Å². The van der Waals surface area contributed by atoms with E-state index in [1.54, 1.807) is 0 Å². The van der Waals surface area contributed by atoms with Crippen LogP contribution in [0.4, 0.5) is 0 Å². The smallest absolute Gasteiger partial charge is 0.0558 e. The van der Waals surface area contributed by atoms with Crippen molar-refractivity contribution in [2.45, 2.75) is 96.8 Å². The lowest BCUT2D eigenvalue weighted by Gasteiger charge is -2.19. The Morgan fingerprint density at radius 1 is 0.600 bits per heavy atom. The predicted molar refractivity (Wildman–Crippen MR) is 109 cm³/mol. The Hall–Kier alpha value is -0.380. The molecule has 25 heavy (non-hydrogen) atoms. The van der Waals surface area contributed by atoms with Crippen molar-refractivity contribution in [2.75, 3.05) is 26.3 Å². The fraction of sp³-hybridized carbons (Fsp3) is 0.864. The second-order valence-corrected chi connectivity index (χ2v) is 7.04. The van der Waals surface area contributed by atoms with Gasteiger partial charge in [0.2, 0.25) is 0 Å². The third-order valence-corrected chi connectivity index (χ3v) is 4.63. The van der Waals surface area contributed by atoms with Crippen LogP contribution in [-0.2, 0) is 0 Å². The number of nitrogens with zero attached hydrogens (tertiary/aromatic N) is 1. The molecular formula is C22H44NO2. The van der Waals surface area contributed by atoms with Crippen molar-refractivity contribution in [3.8, 4) is 0 Å². The van der Waals surface area contributed by atoms with Gasteiger partial charge in [0.25, 0.3) is 0 Å². The van der Waals surface area contributed by atoms with Gasteiger partial charge in [-0.2, -0.15) is 0 Å². The maximum absolute atomic E-state index is 8.95. The largest absolute Gasteiger partial charge is 0.395 e. The van der Waals surface area contributed by atoms with Crippen LogP contribution in [0.2, 0.25) is 0 Å². The molecule has 0 rings (SSSR count). The standard InChI is InChI=1S/C22H44NO2/c1-2-3-4-5-6-7-8-9-10-11-12-13-14-15-16-17-18-23(19-21-24)20-22-25/h9-10,18,24-25H,2-8,11-17,19-22H2,1H3/b10-9-. The fourth-order valence-electron chi connectivity index (χ4n) is 3.04. The number of allylic oxidation sites excluding steroid dienone is 2. The van der Waals surface area contributed by atoms with Crippen LogP contribution in [-0.4, -0.2) is 41.4 Å². The van der Waals surface area contributed by atoms with Gasteiger partial charge in [-0.25, -0.2) is 0 Å². The quantitative estimate of drug-likeness (QED) is 0.225. The highest BCUT2D eigenvalue weighted by Gasteiger charge is 2.03. The molecule has 0 saturated heterocycles. The zero-order valence-corrected chi connectivity index (χ0v) is 16.8. The summed E-state index contributed by atoms with van der Waals surface area (Å²) in [6.45, 7) is 5.98. The van der Waals surface area contributed by atoms with E-state index in [1.165, 1.54) is 83.5 Å². The Morgan fingerprint density at radius 3 is 1.52 bits per heavy atom. The zero-order valence-electron chi connectivity index (χ0n) is 16.8. The maximum atomic E-state index is 8.95. The van der Waals surface area contributed by atoms with Crippen molar-refractivity contribution in [1.29, 1.82) is 0 Å². The van der Waals surface area contributed by atoms with Gasteiger partial charge < -0.3 is 10.2 Å². The fourth-order valence-corrected chi connectivity index (χ4v) is 3.04. The average Bonchev–Trinajstić information content (AvgIpc) is 2.61. The Morgan fingerprint density at radius 2 is 1.04 bits per heavy atom. The van der Waals surface area contributed by atoms with Gasteiger partial charge in [-0.1, -0.05) is 76.9 Å². The molecule has 0 fully saturated rings. The molecular weight excluding hydrogens is 310 g/mol. The Labute approximate surface area is 157 Å². The molecule has 0 saturated carbocycles. The Bertz CT molecular complexity index is 263. The lowest BCUT2D eigenvalue weighted by atomic mass is 10.1. The van der Waals surface area contributed by atoms with Crippen LogP contribution < -0.4 is 0 Å². The van der Waals surface area contributed by atoms with Crippen molar-refractivity contribution >= 4 is 0 Å². The molecule has 0 amide bonds. The summed E-state index contributed by atoms with van der Waals surface area (Å²) in [5.41, 5.74) is 0. The van der Waals surface area contributed by atoms with Crippen molar-refractivity contribution in [3.05, 3.63) is 18.7 Å². The molecule has 0 bridgehead atoms. The third kappa shape index (κ3) is 19.8. The molecule has 3 heteroatoms. The number of aliphatic hydroxyl groups is 2. The molecule has 0 aromatic rings. The number of hydrogen-bond donors (Lipinski definition) is 2. The molecule has 0 atom stereocenters. The summed E-state index contributed by atoms with van der Waals surface area (Å²) in [5, 5.41) is 17.9. The summed E-state index contributed by atoms with van der Waals surface area (Å²) < 4.78 is 0. The minimum Gasteiger partial charge on any atom is -0.395 e. The van der Waals surface area contributed by atoms with Gasteiger partial charge in [0.15, 0.2) is 0 Å². The van der Waals surface area contributed by atoms with Crippen LogP contribution in [0.25, 0.3) is 0 Å². The van der Waals surface area contributed by atoms with Crippen LogP contribution in [0.5, 0.6) is 0 Å². The molecule has 149 valence electrons. The first-order valence-corrected chi connectivity index (χ1v) is 10.8. The lowest BCUT2D eigenvalue weighted by Crippen LogP contribution is -2.27. The summed E-state index contributed by atoms with van der Waals surface area (Å²) >= 11 is 0. The monoisotopic (exact) mass is 354 g/mol. The molecule has 0 aliphatic rings. The minimum atomic E-state index is 0.156. The summed E-state index contributed by atoms with van der Waals surface area (Å²) in [5.74, 6) is 0. The predicted octanol–water partition coefficient (Wildman–Crippen LogP) is 5.47. The lowest BCUT2D eigenvalue weighted by molar-refractivity contribution is 0.181. The molecule has 0 heterocycles. The SMILES string of the molecule is CCCCCCCC/C=C\CCCCCCC[CH]N(CCO)CCO. The van der Waals surface area contributed by atoms with Gasteiger partial charge in [-0.3, -0.25) is 4.90 Å². The second-order valence-electron chi connectivity index (χ2n) is 7.04. The van der Waals surface area contributed by atoms with E-state index in [1.807, 2.05) is 4.90 Å². The van der Waals surface area contributed by atoms with Gasteiger partial charge in [0.1, 0.15) is 0 Å². The minimum absolute atomic E-state index is 0.156. The number of unbranched alkanes of at least 4 members (excludes halogenated alkanes) is 12. The van der Waals surface area contributed by atoms with E-state index in [4.69, 9.17) is 10.2 Å². The van der Waals surface area contributed by atoms with E-state index in [-0.39, 0.29) is 13.2 Å². The first-order valence-electron chi connectivity index (χ1n) is 10.8. The van der Waals surface area contributed by atoms with Gasteiger partial charge in [0.05, 0.1) is 13.2 Å². The van der Waals surface area contributed by atoms with E-state index in [2.05, 4.69) is 25.6 Å². The van der Waals surface area contributed by atoms with E-state index in [0.717, 1.165) is 6.42 Å². The van der Waals surface area contributed by atoms with Crippen molar-refractivity contribution in [3.63, 3.8) is 0 Å². The van der Waals surface area contributed by atoms with E-state index < -0.39 is 0 Å². The van der Waals surface area contributed by atoms with Crippen LogP contribution in [0.15, 0.2) is 12.2 Å². The first-order chi connectivity index (χ1) is 12.3. The van der Waals surface area contributed by atoms with E-state index in [9.17, 15) is 0 Å². The molecule has 1 radical (unpaired) electrons. The highest BCUT2D eigenvalue weighted by molar-refractivity contribution is 4.81. The van der Waals surface area contributed by atoms with Crippen LogP contribution in [0.3, 0.4) is 0 Å². The Kier molecular flexibility index (Phi) is 21.3. The van der Waals surface area contributed by atoms with Crippen LogP contribution >= 0.6 is 0 Å². The molecule has 3 nitrogen and oxygen atoms in total. The summed E-state index contributed by atoms with van der Waals surface area (Å²) in [6, 6.07) is 0. The molecule has 2 N–H and O–H groups in total. The number of hydrogen-bond acceptors (Lipinski definition) is 3. The van der Waals surface area contributed by atoms with Gasteiger partial charge in [-0.15, -0.1) is 0 Å². The van der Waals surface area contributed by atoms with Crippen LogP contribution in [0, 0.1) is 6.54 Å². The summed E-state index contributed by atoms with van der Waals surface area (Å²) in [4.78, 5) is 2.02. The highest BCUT2D eigenvalue weighted by atomic mass is 16.3.